The molecule has 0 bridgehead atoms. The van der Waals surface area contributed by atoms with Crippen LogP contribution in [0, 0.1) is 6.92 Å². The Morgan fingerprint density at radius 1 is 1.00 bits per heavy atom. The number of aryl methyl sites for hydroxylation is 1. The number of ether oxygens (including phenoxy) is 1. The second-order valence-electron chi connectivity index (χ2n) is 6.08. The molecule has 0 heterocycles. The van der Waals surface area contributed by atoms with E-state index >= 15 is 0 Å². The van der Waals surface area contributed by atoms with E-state index in [1.54, 1.807) is 30.0 Å². The Labute approximate surface area is 169 Å². The zero-order chi connectivity index (χ0) is 20.2. The van der Waals surface area contributed by atoms with Gasteiger partial charge in [0.15, 0.2) is 6.61 Å². The molecule has 0 aliphatic carbocycles. The first-order chi connectivity index (χ1) is 13.5. The van der Waals surface area contributed by atoms with E-state index in [0.717, 1.165) is 17.7 Å². The topological polar surface area (TPSA) is 84.5 Å². The summed E-state index contributed by atoms with van der Waals surface area (Å²) in [6.07, 6.45) is 0.811. The highest BCUT2D eigenvalue weighted by atomic mass is 32.2. The molecule has 0 aromatic heterocycles. The van der Waals surface area contributed by atoms with Crippen LogP contribution in [0.1, 0.15) is 22.3 Å². The maximum Gasteiger partial charge on any atom is 0.325 e. The highest BCUT2D eigenvalue weighted by Gasteiger charge is 2.10. The van der Waals surface area contributed by atoms with Gasteiger partial charge in [-0.05, 0) is 43.4 Å². The maximum atomic E-state index is 11.9. The van der Waals surface area contributed by atoms with Gasteiger partial charge in [0.05, 0.1) is 0 Å². The normalized spacial score (nSPS) is 10.2. The van der Waals surface area contributed by atoms with Gasteiger partial charge in [-0.2, -0.15) is 0 Å². The Bertz CT molecular complexity index is 796. The number of benzene rings is 2. The van der Waals surface area contributed by atoms with Gasteiger partial charge in [-0.1, -0.05) is 35.9 Å². The minimum absolute atomic E-state index is 0.284. The van der Waals surface area contributed by atoms with Gasteiger partial charge in [0.25, 0.3) is 11.8 Å². The molecule has 0 radical (unpaired) electrons. The summed E-state index contributed by atoms with van der Waals surface area (Å²) in [6.45, 7) is 1.75. The Morgan fingerprint density at radius 3 is 2.54 bits per heavy atom. The average Bonchev–Trinajstić information content (AvgIpc) is 2.71. The first-order valence-corrected chi connectivity index (χ1v) is 9.98. The number of carbonyl (C=O) groups excluding carboxylic acids is 3. The summed E-state index contributed by atoms with van der Waals surface area (Å²) in [5, 5.41) is 5.18. The molecule has 0 aliphatic rings. The molecule has 6 nitrogen and oxygen atoms in total. The fourth-order valence-corrected chi connectivity index (χ4v) is 3.17. The molecule has 2 aromatic carbocycles. The third-order valence-corrected chi connectivity index (χ3v) is 4.79. The molecule has 0 aliphatic heterocycles. The van der Waals surface area contributed by atoms with Crippen molar-refractivity contribution < 1.29 is 19.1 Å². The molecule has 0 fully saturated rings. The lowest BCUT2D eigenvalue weighted by atomic mass is 10.1. The molecule has 148 valence electrons. The van der Waals surface area contributed by atoms with E-state index < -0.39 is 5.97 Å². The Balaban J connectivity index is 1.54. The van der Waals surface area contributed by atoms with Crippen LogP contribution in [0.15, 0.2) is 59.5 Å². The van der Waals surface area contributed by atoms with Crippen LogP contribution >= 0.6 is 11.8 Å². The predicted octanol–water partition coefficient (Wildman–Crippen LogP) is 2.57. The Morgan fingerprint density at radius 2 is 1.79 bits per heavy atom. The van der Waals surface area contributed by atoms with E-state index in [4.69, 9.17) is 4.74 Å². The number of rotatable bonds is 10. The van der Waals surface area contributed by atoms with E-state index in [2.05, 4.69) is 10.6 Å². The first kappa shape index (κ1) is 21.5. The van der Waals surface area contributed by atoms with Crippen LogP contribution in [0.25, 0.3) is 0 Å². The summed E-state index contributed by atoms with van der Waals surface area (Å²) in [5.41, 5.74) is 1.42. The minimum Gasteiger partial charge on any atom is -0.454 e. The van der Waals surface area contributed by atoms with Crippen LogP contribution in [0.2, 0.25) is 0 Å². The van der Waals surface area contributed by atoms with Gasteiger partial charge < -0.3 is 15.4 Å². The lowest BCUT2D eigenvalue weighted by molar-refractivity contribution is -0.147. The standard InChI is InChI=1S/C21H24N2O4S/c1-16-7-5-8-17(13-16)21(26)23-14-20(25)27-15-19(24)22-11-6-12-28-18-9-3-2-4-10-18/h2-5,7-10,13H,6,11-12,14-15H2,1H3,(H,22,24)(H,23,26). The third kappa shape index (κ3) is 8.26. The van der Waals surface area contributed by atoms with Crippen molar-refractivity contribution in [2.24, 2.45) is 0 Å². The molecule has 2 aromatic rings. The monoisotopic (exact) mass is 400 g/mol. The minimum atomic E-state index is -0.657. The molecule has 0 spiro atoms. The van der Waals surface area contributed by atoms with Crippen LogP contribution in [-0.4, -0.2) is 43.2 Å². The van der Waals surface area contributed by atoms with Gasteiger partial charge in [-0.3, -0.25) is 14.4 Å². The zero-order valence-corrected chi connectivity index (χ0v) is 16.6. The SMILES string of the molecule is Cc1cccc(C(=O)NCC(=O)OCC(=O)NCCCSc2ccccc2)c1. The van der Waals surface area contributed by atoms with Gasteiger partial charge in [0.2, 0.25) is 0 Å². The summed E-state index contributed by atoms with van der Waals surface area (Å²) in [4.78, 5) is 36.5. The quantitative estimate of drug-likeness (QED) is 0.364. The second kappa shape index (κ2) is 11.8. The van der Waals surface area contributed by atoms with E-state index in [9.17, 15) is 14.4 Å². The molecular formula is C21H24N2O4S. The van der Waals surface area contributed by atoms with Crippen molar-refractivity contribution in [1.82, 2.24) is 10.6 Å². The molecule has 7 heteroatoms. The number of hydrogen-bond acceptors (Lipinski definition) is 5. The molecule has 2 rings (SSSR count). The van der Waals surface area contributed by atoms with Crippen LogP contribution in [-0.2, 0) is 14.3 Å². The van der Waals surface area contributed by atoms with Crippen molar-refractivity contribution >= 4 is 29.5 Å². The number of nitrogens with one attached hydrogen (secondary N) is 2. The van der Waals surface area contributed by atoms with E-state index in [-0.39, 0.29) is 25.0 Å². The van der Waals surface area contributed by atoms with Crippen molar-refractivity contribution in [2.45, 2.75) is 18.2 Å². The average molecular weight is 401 g/mol. The summed E-state index contributed by atoms with van der Waals surface area (Å²) in [6, 6.07) is 17.1. The van der Waals surface area contributed by atoms with Gasteiger partial charge in [-0.15, -0.1) is 11.8 Å². The Kier molecular flexibility index (Phi) is 9.07. The zero-order valence-electron chi connectivity index (χ0n) is 15.8. The van der Waals surface area contributed by atoms with Crippen molar-refractivity contribution in [3.63, 3.8) is 0 Å². The predicted molar refractivity (Wildman–Crippen MR) is 109 cm³/mol. The van der Waals surface area contributed by atoms with E-state index in [1.807, 2.05) is 43.3 Å². The summed E-state index contributed by atoms with van der Waals surface area (Å²) >= 11 is 1.72. The molecule has 0 atom stereocenters. The van der Waals surface area contributed by atoms with E-state index in [1.165, 1.54) is 4.90 Å². The largest absolute Gasteiger partial charge is 0.454 e. The van der Waals surface area contributed by atoms with Crippen molar-refractivity contribution in [3.05, 3.63) is 65.7 Å². The fraction of sp³-hybridized carbons (Fsp3) is 0.286. The van der Waals surface area contributed by atoms with E-state index in [0.29, 0.717) is 12.1 Å². The summed E-state index contributed by atoms with van der Waals surface area (Å²) in [7, 11) is 0. The third-order valence-electron chi connectivity index (χ3n) is 3.69. The highest BCUT2D eigenvalue weighted by Crippen LogP contribution is 2.17. The lowest BCUT2D eigenvalue weighted by Crippen LogP contribution is -2.34. The molecule has 2 N–H and O–H groups in total. The van der Waals surface area contributed by atoms with Crippen molar-refractivity contribution in [1.29, 1.82) is 0 Å². The molecular weight excluding hydrogens is 376 g/mol. The van der Waals surface area contributed by atoms with Crippen LogP contribution in [0.3, 0.4) is 0 Å². The van der Waals surface area contributed by atoms with Crippen LogP contribution < -0.4 is 10.6 Å². The Hall–Kier alpha value is -2.80. The van der Waals surface area contributed by atoms with Crippen LogP contribution in [0.4, 0.5) is 0 Å². The maximum absolute atomic E-state index is 11.9. The second-order valence-corrected chi connectivity index (χ2v) is 7.25. The smallest absolute Gasteiger partial charge is 0.325 e. The van der Waals surface area contributed by atoms with Crippen molar-refractivity contribution in [2.75, 3.05) is 25.4 Å². The summed E-state index contributed by atoms with van der Waals surface area (Å²) in [5.74, 6) is -0.491. The van der Waals surface area contributed by atoms with Crippen molar-refractivity contribution in [3.8, 4) is 0 Å². The van der Waals surface area contributed by atoms with Gasteiger partial charge in [0, 0.05) is 17.0 Å². The number of carbonyl (C=O) groups is 3. The summed E-state index contributed by atoms with van der Waals surface area (Å²) < 4.78 is 4.87. The number of esters is 1. The molecule has 2 amide bonds. The number of hydrogen-bond donors (Lipinski definition) is 2. The van der Waals surface area contributed by atoms with Gasteiger partial charge in [-0.25, -0.2) is 0 Å². The van der Waals surface area contributed by atoms with Gasteiger partial charge >= 0.3 is 5.97 Å². The molecule has 0 saturated heterocycles. The van der Waals surface area contributed by atoms with Crippen LogP contribution in [0.5, 0.6) is 0 Å². The number of amides is 2. The van der Waals surface area contributed by atoms with Gasteiger partial charge in [0.1, 0.15) is 6.54 Å². The highest BCUT2D eigenvalue weighted by molar-refractivity contribution is 7.99. The first-order valence-electron chi connectivity index (χ1n) is 8.99. The fourth-order valence-electron chi connectivity index (χ4n) is 2.30. The molecule has 0 unspecified atom stereocenters. The number of thioether (sulfide) groups is 1. The lowest BCUT2D eigenvalue weighted by Gasteiger charge is -2.08. The molecule has 0 saturated carbocycles. The molecule has 28 heavy (non-hydrogen) atoms.